The van der Waals surface area contributed by atoms with Crippen molar-refractivity contribution in [2.45, 2.75) is 13.5 Å². The highest BCUT2D eigenvalue weighted by Gasteiger charge is 2.14. The van der Waals surface area contributed by atoms with Gasteiger partial charge in [-0.3, -0.25) is 4.79 Å². The summed E-state index contributed by atoms with van der Waals surface area (Å²) in [5.41, 5.74) is 1.88. The zero-order valence-electron chi connectivity index (χ0n) is 10.4. The molecule has 5 heteroatoms. The predicted octanol–water partition coefficient (Wildman–Crippen LogP) is 2.96. The molecular weight excluding hydrogens is 286 g/mol. The third-order valence-electron chi connectivity index (χ3n) is 2.57. The van der Waals surface area contributed by atoms with Crippen LogP contribution in [0.5, 0.6) is 11.5 Å². The first-order valence-corrected chi connectivity index (χ1v) is 5.91. The number of carbonyl (C=O) groups excluding carboxylic acids is 1. The molecule has 4 nitrogen and oxygen atoms in total. The van der Waals surface area contributed by atoms with Crippen LogP contribution in [0.25, 0.3) is 0 Å². The van der Waals surface area contributed by atoms with Gasteiger partial charge in [-0.1, -0.05) is 0 Å². The van der Waals surface area contributed by atoms with Crippen molar-refractivity contribution in [2.24, 2.45) is 0 Å². The SMILES string of the molecule is COc1ccc(CN(C)C(=O)Br)c(OC)c1C. The fourth-order valence-electron chi connectivity index (χ4n) is 1.68. The normalized spacial score (nSPS) is 9.94. The number of hydrogen-bond donors (Lipinski definition) is 0. The number of rotatable bonds is 4. The highest BCUT2D eigenvalue weighted by Crippen LogP contribution is 2.31. The number of carbonyl (C=O) groups is 1. The Kier molecular flexibility index (Phi) is 4.81. The van der Waals surface area contributed by atoms with Crippen molar-refractivity contribution in [1.29, 1.82) is 0 Å². The van der Waals surface area contributed by atoms with E-state index >= 15 is 0 Å². The van der Waals surface area contributed by atoms with Gasteiger partial charge >= 0.3 is 0 Å². The number of amides is 1. The van der Waals surface area contributed by atoms with E-state index in [0.717, 1.165) is 22.6 Å². The average molecular weight is 302 g/mol. The molecule has 94 valence electrons. The molecule has 0 bridgehead atoms. The molecule has 0 saturated carbocycles. The van der Waals surface area contributed by atoms with Crippen LogP contribution >= 0.6 is 15.9 Å². The van der Waals surface area contributed by atoms with Gasteiger partial charge in [0.25, 0.3) is 4.82 Å². The Bertz CT molecular complexity index is 420. The Morgan fingerprint density at radius 3 is 2.47 bits per heavy atom. The standard InChI is InChI=1S/C12H16BrNO3/c1-8-10(16-3)6-5-9(11(8)17-4)7-14(2)12(13)15/h5-6H,7H2,1-4H3. The van der Waals surface area contributed by atoms with Gasteiger partial charge in [0, 0.05) is 40.6 Å². The summed E-state index contributed by atoms with van der Waals surface area (Å²) in [5.74, 6) is 1.53. The van der Waals surface area contributed by atoms with Crippen LogP contribution in [-0.4, -0.2) is 31.0 Å². The van der Waals surface area contributed by atoms with Crippen molar-refractivity contribution in [1.82, 2.24) is 4.90 Å². The van der Waals surface area contributed by atoms with Gasteiger partial charge in [0.05, 0.1) is 14.2 Å². The number of hydrogen-bond acceptors (Lipinski definition) is 3. The van der Waals surface area contributed by atoms with Gasteiger partial charge in [0.2, 0.25) is 0 Å². The molecule has 0 unspecified atom stereocenters. The molecule has 1 aromatic carbocycles. The Hall–Kier alpha value is -1.23. The van der Waals surface area contributed by atoms with Crippen molar-refractivity contribution in [3.8, 4) is 11.5 Å². The zero-order chi connectivity index (χ0) is 13.0. The maximum Gasteiger partial charge on any atom is 0.289 e. The lowest BCUT2D eigenvalue weighted by Gasteiger charge is -2.18. The van der Waals surface area contributed by atoms with Gasteiger partial charge in [-0.25, -0.2) is 0 Å². The quantitative estimate of drug-likeness (QED) is 0.634. The molecule has 0 aromatic heterocycles. The fraction of sp³-hybridized carbons (Fsp3) is 0.417. The van der Waals surface area contributed by atoms with Crippen LogP contribution in [0.15, 0.2) is 12.1 Å². The van der Waals surface area contributed by atoms with E-state index in [2.05, 4.69) is 15.9 Å². The summed E-state index contributed by atoms with van der Waals surface area (Å²) in [6, 6.07) is 3.77. The van der Waals surface area contributed by atoms with E-state index in [1.54, 1.807) is 26.2 Å². The van der Waals surface area contributed by atoms with Crippen LogP contribution in [0.1, 0.15) is 11.1 Å². The number of methoxy groups -OCH3 is 2. The monoisotopic (exact) mass is 301 g/mol. The van der Waals surface area contributed by atoms with Crippen LogP contribution < -0.4 is 9.47 Å². The van der Waals surface area contributed by atoms with Crippen LogP contribution in [0, 0.1) is 6.92 Å². The first-order valence-electron chi connectivity index (χ1n) is 5.12. The van der Waals surface area contributed by atoms with E-state index < -0.39 is 0 Å². The second-order valence-electron chi connectivity index (χ2n) is 3.69. The third kappa shape index (κ3) is 3.12. The summed E-state index contributed by atoms with van der Waals surface area (Å²) in [4.78, 5) is 12.5. The van der Waals surface area contributed by atoms with Crippen LogP contribution in [0.2, 0.25) is 0 Å². The molecule has 0 fully saturated rings. The van der Waals surface area contributed by atoms with Gasteiger partial charge in [-0.2, -0.15) is 0 Å². The highest BCUT2D eigenvalue weighted by atomic mass is 79.9. The van der Waals surface area contributed by atoms with E-state index in [4.69, 9.17) is 9.47 Å². The summed E-state index contributed by atoms with van der Waals surface area (Å²) < 4.78 is 10.6. The molecule has 17 heavy (non-hydrogen) atoms. The molecule has 0 N–H and O–H groups in total. The third-order valence-corrected chi connectivity index (χ3v) is 3.17. The lowest BCUT2D eigenvalue weighted by molar-refractivity contribution is 0.232. The largest absolute Gasteiger partial charge is 0.496 e. The van der Waals surface area contributed by atoms with E-state index in [-0.39, 0.29) is 4.82 Å². The van der Waals surface area contributed by atoms with Crippen molar-refractivity contribution >= 4 is 20.7 Å². The second kappa shape index (κ2) is 5.91. The van der Waals surface area contributed by atoms with Gasteiger partial charge in [0.1, 0.15) is 11.5 Å². The molecule has 0 heterocycles. The molecule has 0 aliphatic rings. The Morgan fingerprint density at radius 2 is 2.00 bits per heavy atom. The molecule has 1 amide bonds. The van der Waals surface area contributed by atoms with E-state index in [1.807, 2.05) is 19.1 Å². The summed E-state index contributed by atoms with van der Waals surface area (Å²) >= 11 is 2.91. The summed E-state index contributed by atoms with van der Waals surface area (Å²) in [5, 5.41) is 0. The first-order chi connectivity index (χ1) is 8.01. The average Bonchev–Trinajstić information content (AvgIpc) is 2.29. The van der Waals surface area contributed by atoms with Crippen molar-refractivity contribution in [3.63, 3.8) is 0 Å². The molecule has 0 radical (unpaired) electrons. The molecule has 1 rings (SSSR count). The van der Waals surface area contributed by atoms with Crippen molar-refractivity contribution < 1.29 is 14.3 Å². The minimum Gasteiger partial charge on any atom is -0.496 e. The molecule has 0 aliphatic heterocycles. The smallest absolute Gasteiger partial charge is 0.289 e. The predicted molar refractivity (Wildman–Crippen MR) is 70.1 cm³/mol. The van der Waals surface area contributed by atoms with Crippen LogP contribution in [0.4, 0.5) is 4.79 Å². The summed E-state index contributed by atoms with van der Waals surface area (Å²) in [7, 11) is 4.95. The first kappa shape index (κ1) is 13.8. The van der Waals surface area contributed by atoms with Crippen molar-refractivity contribution in [2.75, 3.05) is 21.3 Å². The lowest BCUT2D eigenvalue weighted by atomic mass is 10.1. The van der Waals surface area contributed by atoms with Gasteiger partial charge in [0.15, 0.2) is 0 Å². The number of ether oxygens (including phenoxy) is 2. The fourth-order valence-corrected chi connectivity index (χ4v) is 1.80. The van der Waals surface area contributed by atoms with Gasteiger partial charge < -0.3 is 14.4 Å². The lowest BCUT2D eigenvalue weighted by Crippen LogP contribution is -2.20. The molecule has 0 atom stereocenters. The number of halogens is 1. The topological polar surface area (TPSA) is 38.8 Å². The molecule has 0 saturated heterocycles. The van der Waals surface area contributed by atoms with E-state index in [9.17, 15) is 4.79 Å². The number of nitrogens with zero attached hydrogens (tertiary/aromatic N) is 1. The zero-order valence-corrected chi connectivity index (χ0v) is 12.0. The minimum atomic E-state index is -0.159. The maximum absolute atomic E-state index is 11.1. The Morgan fingerprint density at radius 1 is 1.35 bits per heavy atom. The Labute approximate surface area is 110 Å². The van der Waals surface area contributed by atoms with Crippen molar-refractivity contribution in [3.05, 3.63) is 23.3 Å². The molecular formula is C12H16BrNO3. The minimum absolute atomic E-state index is 0.159. The van der Waals surface area contributed by atoms with Gasteiger partial charge in [-0.15, -0.1) is 0 Å². The summed E-state index contributed by atoms with van der Waals surface area (Å²) in [6.45, 7) is 2.41. The van der Waals surface area contributed by atoms with Gasteiger partial charge in [-0.05, 0) is 19.1 Å². The molecule has 0 aliphatic carbocycles. The van der Waals surface area contributed by atoms with E-state index in [1.165, 1.54) is 0 Å². The van der Waals surface area contributed by atoms with Crippen LogP contribution in [-0.2, 0) is 6.54 Å². The van der Waals surface area contributed by atoms with E-state index in [0.29, 0.717) is 6.54 Å². The Balaban J connectivity index is 3.08. The second-order valence-corrected chi connectivity index (χ2v) is 4.37. The molecule has 0 spiro atoms. The number of benzene rings is 1. The van der Waals surface area contributed by atoms with Crippen LogP contribution in [0.3, 0.4) is 0 Å². The molecule has 1 aromatic rings. The maximum atomic E-state index is 11.1. The summed E-state index contributed by atoms with van der Waals surface area (Å²) in [6.07, 6.45) is 0. The highest BCUT2D eigenvalue weighted by molar-refractivity contribution is 9.18.